The van der Waals surface area contributed by atoms with E-state index in [1.807, 2.05) is 30.3 Å². The molecule has 1 aromatic heterocycles. The molecule has 1 N–H and O–H groups in total. The van der Waals surface area contributed by atoms with E-state index in [4.69, 9.17) is 14.2 Å². The Kier molecular flexibility index (Phi) is 5.74. The van der Waals surface area contributed by atoms with Crippen molar-refractivity contribution in [3.63, 3.8) is 0 Å². The highest BCUT2D eigenvalue weighted by atomic mass is 16.5. The Balaban J connectivity index is 1.57. The monoisotopic (exact) mass is 411 g/mol. The van der Waals surface area contributed by atoms with Crippen molar-refractivity contribution in [1.82, 2.24) is 15.2 Å². The third-order valence-electron chi connectivity index (χ3n) is 5.26. The van der Waals surface area contributed by atoms with Crippen LogP contribution in [0, 0.1) is 0 Å². The molecular formula is C22H25N3O5. The van der Waals surface area contributed by atoms with Crippen LogP contribution in [-0.2, 0) is 4.79 Å². The van der Waals surface area contributed by atoms with Gasteiger partial charge in [-0.3, -0.25) is 9.59 Å². The molecule has 2 fully saturated rings. The van der Waals surface area contributed by atoms with Gasteiger partial charge in [0.15, 0.2) is 0 Å². The molecule has 0 spiro atoms. The van der Waals surface area contributed by atoms with Crippen LogP contribution in [-0.4, -0.2) is 60.7 Å². The van der Waals surface area contributed by atoms with Crippen molar-refractivity contribution in [2.75, 3.05) is 20.8 Å². The Morgan fingerprint density at radius 1 is 1.07 bits per heavy atom. The summed E-state index contributed by atoms with van der Waals surface area (Å²) in [6, 6.07) is 12.2. The summed E-state index contributed by atoms with van der Waals surface area (Å²) in [4.78, 5) is 32.0. The summed E-state index contributed by atoms with van der Waals surface area (Å²) >= 11 is 0. The van der Waals surface area contributed by atoms with E-state index < -0.39 is 6.04 Å². The fourth-order valence-electron chi connectivity index (χ4n) is 3.58. The van der Waals surface area contributed by atoms with Crippen LogP contribution in [0.2, 0.25) is 0 Å². The smallest absolute Gasteiger partial charge is 0.260 e. The van der Waals surface area contributed by atoms with Crippen molar-refractivity contribution in [3.05, 3.63) is 48.0 Å². The average Bonchev–Trinajstić information content (AvgIpc) is 3.49. The van der Waals surface area contributed by atoms with E-state index in [9.17, 15) is 9.59 Å². The summed E-state index contributed by atoms with van der Waals surface area (Å²) in [5, 5.41) is 3.01. The van der Waals surface area contributed by atoms with Gasteiger partial charge in [0.25, 0.3) is 5.91 Å². The van der Waals surface area contributed by atoms with Crippen molar-refractivity contribution in [1.29, 1.82) is 0 Å². The zero-order valence-electron chi connectivity index (χ0n) is 17.0. The molecule has 2 amide bonds. The average molecular weight is 411 g/mol. The number of carbonyl (C=O) groups is 2. The number of hydrogen-bond acceptors (Lipinski definition) is 6. The minimum absolute atomic E-state index is 0.148. The molecule has 0 bridgehead atoms. The van der Waals surface area contributed by atoms with Crippen molar-refractivity contribution < 1.29 is 23.8 Å². The molecule has 1 aliphatic heterocycles. The van der Waals surface area contributed by atoms with Gasteiger partial charge in [0.05, 0.1) is 20.8 Å². The molecule has 0 radical (unpaired) electrons. The SMILES string of the molecule is COc1ccc(C(=O)N2C[C@@H](Oc3ccccc3)C[C@H]2C(=O)NC2CC2)c(OC)n1. The quantitative estimate of drug-likeness (QED) is 0.750. The second kappa shape index (κ2) is 8.61. The second-order valence-corrected chi connectivity index (χ2v) is 7.46. The number of ether oxygens (including phenoxy) is 3. The van der Waals surface area contributed by atoms with Gasteiger partial charge >= 0.3 is 0 Å². The number of hydrogen-bond donors (Lipinski definition) is 1. The molecule has 8 heteroatoms. The molecular weight excluding hydrogens is 386 g/mol. The highest BCUT2D eigenvalue weighted by molar-refractivity contribution is 5.99. The number of para-hydroxylation sites is 1. The van der Waals surface area contributed by atoms with E-state index in [2.05, 4.69) is 10.3 Å². The van der Waals surface area contributed by atoms with Crippen LogP contribution in [0.4, 0.5) is 0 Å². The summed E-state index contributed by atoms with van der Waals surface area (Å²) in [7, 11) is 2.94. The van der Waals surface area contributed by atoms with E-state index in [-0.39, 0.29) is 35.4 Å². The number of nitrogens with one attached hydrogen (secondary N) is 1. The number of benzene rings is 1. The highest BCUT2D eigenvalue weighted by Gasteiger charge is 2.43. The normalized spacial score (nSPS) is 20.5. The first kappa shape index (κ1) is 20.0. The van der Waals surface area contributed by atoms with Crippen LogP contribution >= 0.6 is 0 Å². The first-order valence-corrected chi connectivity index (χ1v) is 10.0. The number of amides is 2. The fourth-order valence-corrected chi connectivity index (χ4v) is 3.58. The van der Waals surface area contributed by atoms with Crippen LogP contribution in [0.15, 0.2) is 42.5 Å². The Morgan fingerprint density at radius 3 is 2.50 bits per heavy atom. The maximum atomic E-state index is 13.4. The molecule has 158 valence electrons. The number of rotatable bonds is 7. The molecule has 0 unspecified atom stereocenters. The lowest BCUT2D eigenvalue weighted by molar-refractivity contribution is -0.125. The van der Waals surface area contributed by atoms with Crippen LogP contribution < -0.4 is 19.5 Å². The topological polar surface area (TPSA) is 90.0 Å². The molecule has 2 aromatic rings. The van der Waals surface area contributed by atoms with E-state index in [1.54, 1.807) is 17.0 Å². The standard InChI is InChI=1S/C22H25N3O5/c1-28-19-11-10-17(21(24-19)29-2)22(27)25-13-16(30-15-6-4-3-5-7-15)12-18(25)20(26)23-14-8-9-14/h3-7,10-11,14,16,18H,8-9,12-13H2,1-2H3,(H,23,26)/t16-,18-/m0/s1. The van der Waals surface area contributed by atoms with E-state index in [0.717, 1.165) is 12.8 Å². The molecule has 1 saturated carbocycles. The number of methoxy groups -OCH3 is 2. The molecule has 2 heterocycles. The molecule has 8 nitrogen and oxygen atoms in total. The summed E-state index contributed by atoms with van der Waals surface area (Å²) in [6.07, 6.45) is 2.09. The zero-order chi connectivity index (χ0) is 21.1. The van der Waals surface area contributed by atoms with E-state index >= 15 is 0 Å². The molecule has 4 rings (SSSR count). The summed E-state index contributed by atoms with van der Waals surface area (Å²) in [5.41, 5.74) is 0.280. The number of likely N-dealkylation sites (tertiary alicyclic amines) is 1. The lowest BCUT2D eigenvalue weighted by atomic mass is 10.1. The first-order chi connectivity index (χ1) is 14.6. The van der Waals surface area contributed by atoms with Crippen LogP contribution in [0.25, 0.3) is 0 Å². The van der Waals surface area contributed by atoms with E-state index in [1.165, 1.54) is 14.2 Å². The van der Waals surface area contributed by atoms with Gasteiger partial charge in [0.2, 0.25) is 17.7 Å². The molecule has 1 aromatic carbocycles. The predicted molar refractivity (Wildman–Crippen MR) is 109 cm³/mol. The van der Waals surface area contributed by atoms with Gasteiger partial charge in [0.1, 0.15) is 23.5 Å². The van der Waals surface area contributed by atoms with Gasteiger partial charge in [-0.25, -0.2) is 0 Å². The van der Waals surface area contributed by atoms with Gasteiger partial charge in [-0.2, -0.15) is 4.98 Å². The van der Waals surface area contributed by atoms with Crippen molar-refractivity contribution in [2.45, 2.75) is 37.5 Å². The van der Waals surface area contributed by atoms with Crippen molar-refractivity contribution >= 4 is 11.8 Å². The number of pyridine rings is 1. The Morgan fingerprint density at radius 2 is 1.83 bits per heavy atom. The number of nitrogens with zero attached hydrogens (tertiary/aromatic N) is 2. The first-order valence-electron chi connectivity index (χ1n) is 10.0. The van der Waals surface area contributed by atoms with Crippen LogP contribution in [0.3, 0.4) is 0 Å². The molecule has 1 aliphatic carbocycles. The third-order valence-corrected chi connectivity index (χ3v) is 5.26. The fraction of sp³-hybridized carbons (Fsp3) is 0.409. The maximum absolute atomic E-state index is 13.4. The molecule has 2 atom stereocenters. The van der Waals surface area contributed by atoms with Crippen molar-refractivity contribution in [3.8, 4) is 17.5 Å². The molecule has 2 aliphatic rings. The van der Waals surface area contributed by atoms with Crippen LogP contribution in [0.1, 0.15) is 29.6 Å². The lowest BCUT2D eigenvalue weighted by Crippen LogP contribution is -2.46. The zero-order valence-corrected chi connectivity index (χ0v) is 17.0. The van der Waals surface area contributed by atoms with Crippen molar-refractivity contribution in [2.24, 2.45) is 0 Å². The lowest BCUT2D eigenvalue weighted by Gasteiger charge is -2.24. The minimum atomic E-state index is -0.612. The number of carbonyl (C=O) groups excluding carboxylic acids is 2. The third kappa shape index (κ3) is 4.32. The van der Waals surface area contributed by atoms with Crippen LogP contribution in [0.5, 0.6) is 17.5 Å². The Bertz CT molecular complexity index is 916. The Labute approximate surface area is 175 Å². The summed E-state index contributed by atoms with van der Waals surface area (Å²) < 4.78 is 16.4. The number of aromatic nitrogens is 1. The van der Waals surface area contributed by atoms with Gasteiger partial charge in [-0.15, -0.1) is 0 Å². The summed E-state index contributed by atoms with van der Waals surface area (Å²) in [5.74, 6) is 0.746. The second-order valence-electron chi connectivity index (χ2n) is 7.46. The Hall–Kier alpha value is -3.29. The minimum Gasteiger partial charge on any atom is -0.488 e. The van der Waals surface area contributed by atoms with Gasteiger partial charge in [-0.1, -0.05) is 18.2 Å². The molecule has 30 heavy (non-hydrogen) atoms. The van der Waals surface area contributed by atoms with Gasteiger partial charge < -0.3 is 24.4 Å². The largest absolute Gasteiger partial charge is 0.488 e. The highest BCUT2D eigenvalue weighted by Crippen LogP contribution is 2.29. The maximum Gasteiger partial charge on any atom is 0.260 e. The molecule has 1 saturated heterocycles. The summed E-state index contributed by atoms with van der Waals surface area (Å²) in [6.45, 7) is 0.297. The van der Waals surface area contributed by atoms with Gasteiger partial charge in [-0.05, 0) is 31.0 Å². The van der Waals surface area contributed by atoms with Gasteiger partial charge in [0, 0.05) is 18.5 Å². The predicted octanol–water partition coefficient (Wildman–Crippen LogP) is 2.04. The van der Waals surface area contributed by atoms with E-state index in [0.29, 0.717) is 24.6 Å².